The van der Waals surface area contributed by atoms with E-state index in [2.05, 4.69) is 17.4 Å². The van der Waals surface area contributed by atoms with Crippen LogP contribution in [0.3, 0.4) is 0 Å². The molecule has 27 heavy (non-hydrogen) atoms. The molecular weight excluding hydrogens is 342 g/mol. The van der Waals surface area contributed by atoms with E-state index < -0.39 is 0 Å². The van der Waals surface area contributed by atoms with E-state index in [-0.39, 0.29) is 18.0 Å². The highest BCUT2D eigenvalue weighted by Gasteiger charge is 2.31. The summed E-state index contributed by atoms with van der Waals surface area (Å²) in [7, 11) is 0. The van der Waals surface area contributed by atoms with Crippen molar-refractivity contribution in [3.05, 3.63) is 42.5 Å². The van der Waals surface area contributed by atoms with Gasteiger partial charge in [-0.3, -0.25) is 4.79 Å². The Kier molecular flexibility index (Phi) is 5.14. The number of rotatable bonds is 5. The third kappa shape index (κ3) is 3.84. The van der Waals surface area contributed by atoms with Gasteiger partial charge in [0.15, 0.2) is 0 Å². The molecule has 0 aromatic heterocycles. The van der Waals surface area contributed by atoms with Crippen LogP contribution in [0, 0.1) is 0 Å². The summed E-state index contributed by atoms with van der Waals surface area (Å²) in [4.78, 5) is 28.1. The summed E-state index contributed by atoms with van der Waals surface area (Å²) >= 11 is 0. The molecule has 3 amide bonds. The van der Waals surface area contributed by atoms with Gasteiger partial charge < -0.3 is 19.9 Å². The fraction of sp³-hybridized carbons (Fsp3) is 0.429. The third-order valence-corrected chi connectivity index (χ3v) is 5.47. The number of fused-ring (bicyclic) bond motifs is 1. The van der Waals surface area contributed by atoms with Crippen molar-refractivity contribution in [1.82, 2.24) is 15.1 Å². The molecule has 1 N–H and O–H groups in total. The van der Waals surface area contributed by atoms with Crippen LogP contribution in [0.5, 0.6) is 5.75 Å². The maximum absolute atomic E-state index is 12.5. The van der Waals surface area contributed by atoms with Gasteiger partial charge in [-0.15, -0.1) is 0 Å². The smallest absolute Gasteiger partial charge is 0.317 e. The van der Waals surface area contributed by atoms with Crippen molar-refractivity contribution in [3.8, 4) is 5.75 Å². The molecule has 2 fully saturated rings. The number of hydrogen-bond donors (Lipinski definition) is 1. The van der Waals surface area contributed by atoms with E-state index in [0.29, 0.717) is 26.1 Å². The number of benzene rings is 2. The van der Waals surface area contributed by atoms with Gasteiger partial charge in [-0.05, 0) is 24.3 Å². The lowest BCUT2D eigenvalue weighted by atomic mass is 10.0. The number of urea groups is 1. The molecule has 0 unspecified atom stereocenters. The van der Waals surface area contributed by atoms with Crippen LogP contribution in [-0.2, 0) is 4.79 Å². The van der Waals surface area contributed by atoms with Gasteiger partial charge in [-0.2, -0.15) is 0 Å². The first-order valence-electron chi connectivity index (χ1n) is 9.65. The minimum atomic E-state index is 0.0308. The fourth-order valence-corrected chi connectivity index (χ4v) is 3.99. The van der Waals surface area contributed by atoms with Crippen LogP contribution < -0.4 is 10.1 Å². The minimum Gasteiger partial charge on any atom is -0.492 e. The second kappa shape index (κ2) is 7.86. The summed E-state index contributed by atoms with van der Waals surface area (Å²) in [6.07, 6.45) is 2.07. The molecular formula is C21H25N3O3. The quantitative estimate of drug-likeness (QED) is 0.884. The molecule has 2 heterocycles. The van der Waals surface area contributed by atoms with Crippen molar-refractivity contribution in [2.75, 3.05) is 32.8 Å². The Balaban J connectivity index is 1.26. The van der Waals surface area contributed by atoms with Gasteiger partial charge >= 0.3 is 6.03 Å². The Morgan fingerprint density at radius 1 is 1.07 bits per heavy atom. The molecule has 2 aliphatic rings. The maximum atomic E-state index is 12.5. The van der Waals surface area contributed by atoms with E-state index in [1.54, 1.807) is 0 Å². The van der Waals surface area contributed by atoms with Crippen molar-refractivity contribution >= 4 is 22.7 Å². The number of carbonyl (C=O) groups is 2. The normalized spacial score (nSPS) is 18.0. The Hall–Kier alpha value is -2.76. The number of piperidine rings is 1. The fourth-order valence-electron chi connectivity index (χ4n) is 3.99. The second-order valence-electron chi connectivity index (χ2n) is 7.11. The summed E-state index contributed by atoms with van der Waals surface area (Å²) in [6.45, 7) is 3.30. The Morgan fingerprint density at radius 3 is 2.63 bits per heavy atom. The molecule has 0 saturated carbocycles. The topological polar surface area (TPSA) is 61.9 Å². The standard InChI is InChI=1S/C21H25N3O3/c25-20(23-12-8-17(9-13-23)24-14-11-22-21(24)26)10-15-27-19-7-3-5-16-4-1-2-6-18(16)19/h1-7,17H,8-15H2,(H,22,26). The number of carbonyl (C=O) groups excluding carboxylic acids is 2. The first-order valence-corrected chi connectivity index (χ1v) is 9.65. The molecule has 0 spiro atoms. The van der Waals surface area contributed by atoms with Crippen LogP contribution in [0.2, 0.25) is 0 Å². The average molecular weight is 367 g/mol. The van der Waals surface area contributed by atoms with Gasteiger partial charge in [0.1, 0.15) is 5.75 Å². The van der Waals surface area contributed by atoms with Crippen LogP contribution in [0.25, 0.3) is 10.8 Å². The predicted molar refractivity (Wildman–Crippen MR) is 104 cm³/mol. The molecule has 0 aliphatic carbocycles. The highest BCUT2D eigenvalue weighted by Crippen LogP contribution is 2.25. The zero-order valence-electron chi connectivity index (χ0n) is 15.4. The van der Waals surface area contributed by atoms with E-state index in [1.165, 1.54) is 0 Å². The van der Waals surface area contributed by atoms with Crippen molar-refractivity contribution in [2.45, 2.75) is 25.3 Å². The zero-order valence-corrected chi connectivity index (χ0v) is 15.4. The molecule has 6 nitrogen and oxygen atoms in total. The van der Waals surface area contributed by atoms with Crippen molar-refractivity contribution < 1.29 is 14.3 Å². The molecule has 0 atom stereocenters. The van der Waals surface area contributed by atoms with Gasteiger partial charge in [0.25, 0.3) is 0 Å². The van der Waals surface area contributed by atoms with E-state index in [9.17, 15) is 9.59 Å². The molecule has 2 aromatic carbocycles. The molecule has 2 saturated heterocycles. The average Bonchev–Trinajstić information content (AvgIpc) is 3.14. The highest BCUT2D eigenvalue weighted by atomic mass is 16.5. The van der Waals surface area contributed by atoms with Gasteiger partial charge in [-0.1, -0.05) is 36.4 Å². The number of amides is 3. The molecule has 2 aromatic rings. The van der Waals surface area contributed by atoms with Crippen LogP contribution in [0.1, 0.15) is 19.3 Å². The number of nitrogens with one attached hydrogen (secondary N) is 1. The van der Waals surface area contributed by atoms with E-state index in [1.807, 2.05) is 40.1 Å². The number of likely N-dealkylation sites (tertiary alicyclic amines) is 1. The highest BCUT2D eigenvalue weighted by molar-refractivity contribution is 5.88. The number of hydrogen-bond acceptors (Lipinski definition) is 3. The summed E-state index contributed by atoms with van der Waals surface area (Å²) in [6, 6.07) is 14.3. The van der Waals surface area contributed by atoms with Crippen LogP contribution in [0.4, 0.5) is 4.79 Å². The maximum Gasteiger partial charge on any atom is 0.317 e. The van der Waals surface area contributed by atoms with E-state index in [0.717, 1.165) is 42.5 Å². The largest absolute Gasteiger partial charge is 0.492 e. The molecule has 0 radical (unpaired) electrons. The van der Waals surface area contributed by atoms with E-state index in [4.69, 9.17) is 4.74 Å². The van der Waals surface area contributed by atoms with Crippen LogP contribution >= 0.6 is 0 Å². The molecule has 4 rings (SSSR count). The number of ether oxygens (including phenoxy) is 1. The predicted octanol–water partition coefficient (Wildman–Crippen LogP) is 2.62. The molecule has 2 aliphatic heterocycles. The lowest BCUT2D eigenvalue weighted by Crippen LogP contribution is -2.47. The molecule has 142 valence electrons. The summed E-state index contributed by atoms with van der Waals surface area (Å²) in [5.41, 5.74) is 0. The summed E-state index contributed by atoms with van der Waals surface area (Å²) in [5.74, 6) is 0.944. The zero-order chi connectivity index (χ0) is 18.6. The SMILES string of the molecule is O=C(CCOc1cccc2ccccc12)N1CCC(N2CCNC2=O)CC1. The monoisotopic (exact) mass is 367 g/mol. The second-order valence-corrected chi connectivity index (χ2v) is 7.11. The van der Waals surface area contributed by atoms with Crippen LogP contribution in [0.15, 0.2) is 42.5 Å². The molecule has 0 bridgehead atoms. The van der Waals surface area contributed by atoms with Crippen molar-refractivity contribution in [2.24, 2.45) is 0 Å². The number of nitrogens with zero attached hydrogens (tertiary/aromatic N) is 2. The third-order valence-electron chi connectivity index (χ3n) is 5.47. The first kappa shape index (κ1) is 17.6. The Bertz CT molecular complexity index is 825. The summed E-state index contributed by atoms with van der Waals surface area (Å²) in [5, 5.41) is 5.05. The molecule has 6 heteroatoms. The van der Waals surface area contributed by atoms with Gasteiger partial charge in [0.2, 0.25) is 5.91 Å². The Labute approximate surface area is 159 Å². The van der Waals surface area contributed by atoms with Gasteiger partial charge in [0.05, 0.1) is 13.0 Å². The van der Waals surface area contributed by atoms with Crippen LogP contribution in [-0.4, -0.2) is 60.6 Å². The first-order chi connectivity index (χ1) is 13.2. The lowest BCUT2D eigenvalue weighted by molar-refractivity contribution is -0.133. The van der Waals surface area contributed by atoms with E-state index >= 15 is 0 Å². The minimum absolute atomic E-state index is 0.0308. The van der Waals surface area contributed by atoms with Crippen molar-refractivity contribution in [3.63, 3.8) is 0 Å². The van der Waals surface area contributed by atoms with Crippen molar-refractivity contribution in [1.29, 1.82) is 0 Å². The lowest BCUT2D eigenvalue weighted by Gasteiger charge is -2.36. The Morgan fingerprint density at radius 2 is 1.85 bits per heavy atom. The van der Waals surface area contributed by atoms with Gasteiger partial charge in [0, 0.05) is 37.6 Å². The summed E-state index contributed by atoms with van der Waals surface area (Å²) < 4.78 is 5.89. The van der Waals surface area contributed by atoms with Gasteiger partial charge in [-0.25, -0.2) is 4.79 Å².